The quantitative estimate of drug-likeness (QED) is 0.554. The van der Waals surface area contributed by atoms with E-state index in [-0.39, 0.29) is 17.2 Å². The number of H-pyrrole nitrogens is 1. The Labute approximate surface area is 149 Å². The minimum Gasteiger partial charge on any atom is -0.366 e. The molecule has 1 saturated heterocycles. The second kappa shape index (κ2) is 6.47. The van der Waals surface area contributed by atoms with Crippen molar-refractivity contribution >= 4 is 33.9 Å². The Hall–Kier alpha value is -3.42. The van der Waals surface area contributed by atoms with Gasteiger partial charge in [0.2, 0.25) is 0 Å². The van der Waals surface area contributed by atoms with Gasteiger partial charge in [-0.25, -0.2) is 0 Å². The molecule has 2 N–H and O–H groups in total. The lowest BCUT2D eigenvalue weighted by Crippen LogP contribution is -2.19. The minimum absolute atomic E-state index is 0.0372. The van der Waals surface area contributed by atoms with Crippen LogP contribution in [0.25, 0.3) is 10.9 Å². The highest BCUT2D eigenvalue weighted by molar-refractivity contribution is 6.05. The molecule has 1 aliphatic heterocycles. The Bertz CT molecular complexity index is 991. The summed E-state index contributed by atoms with van der Waals surface area (Å²) in [7, 11) is 0. The molecule has 0 spiro atoms. The number of aromatic amines is 1. The number of benzene rings is 2. The number of carbonyl (C=O) groups excluding carboxylic acids is 1. The zero-order valence-corrected chi connectivity index (χ0v) is 13.9. The summed E-state index contributed by atoms with van der Waals surface area (Å²) < 4.78 is 0. The molecule has 1 amide bonds. The van der Waals surface area contributed by atoms with Crippen LogP contribution in [0.5, 0.6) is 0 Å². The van der Waals surface area contributed by atoms with Crippen LogP contribution >= 0.6 is 0 Å². The summed E-state index contributed by atoms with van der Waals surface area (Å²) >= 11 is 0. The molecule has 2 heterocycles. The van der Waals surface area contributed by atoms with Gasteiger partial charge in [0.15, 0.2) is 0 Å². The maximum atomic E-state index is 12.5. The van der Waals surface area contributed by atoms with Crippen LogP contribution in [-0.4, -0.2) is 34.1 Å². The fourth-order valence-electron chi connectivity index (χ4n) is 3.26. The Kier molecular flexibility index (Phi) is 4.00. The number of nitro benzene ring substituents is 1. The van der Waals surface area contributed by atoms with Crippen molar-refractivity contribution < 1.29 is 9.72 Å². The van der Waals surface area contributed by atoms with Crippen molar-refractivity contribution in [1.82, 2.24) is 10.2 Å². The molecule has 1 aromatic heterocycles. The molecule has 1 aliphatic rings. The van der Waals surface area contributed by atoms with Crippen LogP contribution in [0.3, 0.4) is 0 Å². The second-order valence-electron chi connectivity index (χ2n) is 6.28. The summed E-state index contributed by atoms with van der Waals surface area (Å²) in [5, 5.41) is 21.9. The van der Waals surface area contributed by atoms with Gasteiger partial charge in [-0.05, 0) is 43.2 Å². The summed E-state index contributed by atoms with van der Waals surface area (Å²) in [5.74, 6) is -0.385. The number of nitrogens with one attached hydrogen (secondary N) is 2. The summed E-state index contributed by atoms with van der Waals surface area (Å²) in [5.41, 5.74) is 2.27. The largest absolute Gasteiger partial charge is 0.366 e. The van der Waals surface area contributed by atoms with E-state index in [9.17, 15) is 14.9 Å². The second-order valence-corrected chi connectivity index (χ2v) is 6.28. The molecule has 8 heteroatoms. The number of fused-ring (bicyclic) bond motifs is 1. The molecule has 2 aromatic carbocycles. The van der Waals surface area contributed by atoms with Gasteiger partial charge in [-0.3, -0.25) is 20.0 Å². The zero-order chi connectivity index (χ0) is 18.1. The maximum absolute atomic E-state index is 12.5. The smallest absolute Gasteiger partial charge is 0.293 e. The third kappa shape index (κ3) is 2.97. The fraction of sp³-hybridized carbons (Fsp3) is 0.222. The van der Waals surface area contributed by atoms with Gasteiger partial charge >= 0.3 is 0 Å². The van der Waals surface area contributed by atoms with Gasteiger partial charge in [0.1, 0.15) is 5.69 Å². The highest BCUT2D eigenvalue weighted by Gasteiger charge is 2.23. The average Bonchev–Trinajstić information content (AvgIpc) is 3.32. The number of rotatable bonds is 4. The first-order valence-electron chi connectivity index (χ1n) is 8.40. The van der Waals surface area contributed by atoms with Gasteiger partial charge in [-0.1, -0.05) is 0 Å². The van der Waals surface area contributed by atoms with Gasteiger partial charge in [-0.15, -0.1) is 0 Å². The van der Waals surface area contributed by atoms with E-state index in [0.717, 1.165) is 36.8 Å². The predicted octanol–water partition coefficient (Wildman–Crippen LogP) is 3.32. The molecule has 0 unspecified atom stereocenters. The highest BCUT2D eigenvalue weighted by atomic mass is 16.6. The van der Waals surface area contributed by atoms with Crippen molar-refractivity contribution in [3.05, 3.63) is 58.3 Å². The van der Waals surface area contributed by atoms with E-state index < -0.39 is 4.92 Å². The molecular formula is C18H17N5O3. The van der Waals surface area contributed by atoms with Crippen molar-refractivity contribution in [1.29, 1.82) is 0 Å². The first kappa shape index (κ1) is 16.1. The molecule has 0 aliphatic carbocycles. The van der Waals surface area contributed by atoms with Crippen molar-refractivity contribution in [2.24, 2.45) is 0 Å². The van der Waals surface area contributed by atoms with Crippen LogP contribution in [0.15, 0.2) is 42.6 Å². The van der Waals surface area contributed by atoms with Crippen LogP contribution in [0.2, 0.25) is 0 Å². The number of aromatic nitrogens is 2. The minimum atomic E-state index is -0.429. The van der Waals surface area contributed by atoms with E-state index in [0.29, 0.717) is 11.4 Å². The molecule has 0 saturated carbocycles. The van der Waals surface area contributed by atoms with Crippen molar-refractivity contribution in [2.45, 2.75) is 12.8 Å². The molecule has 0 atom stereocenters. The van der Waals surface area contributed by atoms with Crippen LogP contribution in [0, 0.1) is 10.1 Å². The van der Waals surface area contributed by atoms with E-state index in [2.05, 4.69) is 15.5 Å². The third-order valence-electron chi connectivity index (χ3n) is 4.58. The summed E-state index contributed by atoms with van der Waals surface area (Å²) in [6, 6.07) is 10.0. The highest BCUT2D eigenvalue weighted by Crippen LogP contribution is 2.32. The molecule has 3 aromatic rings. The Balaban J connectivity index is 1.60. The first-order valence-corrected chi connectivity index (χ1v) is 8.40. The van der Waals surface area contributed by atoms with Crippen LogP contribution in [0.1, 0.15) is 23.2 Å². The normalized spacial score (nSPS) is 13.9. The molecule has 26 heavy (non-hydrogen) atoms. The molecule has 0 radical (unpaired) electrons. The predicted molar refractivity (Wildman–Crippen MR) is 98.6 cm³/mol. The Morgan fingerprint density at radius 2 is 2.00 bits per heavy atom. The Morgan fingerprint density at radius 1 is 1.19 bits per heavy atom. The molecule has 132 valence electrons. The monoisotopic (exact) mass is 351 g/mol. The van der Waals surface area contributed by atoms with E-state index in [1.165, 1.54) is 6.07 Å². The summed E-state index contributed by atoms with van der Waals surface area (Å²) in [4.78, 5) is 25.6. The van der Waals surface area contributed by atoms with E-state index in [1.54, 1.807) is 30.5 Å². The van der Waals surface area contributed by atoms with Gasteiger partial charge in [0.25, 0.3) is 11.6 Å². The van der Waals surface area contributed by atoms with Crippen LogP contribution in [0.4, 0.5) is 17.1 Å². The number of nitrogens with zero attached hydrogens (tertiary/aromatic N) is 3. The molecular weight excluding hydrogens is 334 g/mol. The lowest BCUT2D eigenvalue weighted by atomic mass is 10.1. The van der Waals surface area contributed by atoms with E-state index >= 15 is 0 Å². The van der Waals surface area contributed by atoms with E-state index in [1.807, 2.05) is 11.0 Å². The molecule has 1 fully saturated rings. The third-order valence-corrected chi connectivity index (χ3v) is 4.58. The maximum Gasteiger partial charge on any atom is 0.293 e. The number of hydrogen-bond acceptors (Lipinski definition) is 5. The van der Waals surface area contributed by atoms with Crippen molar-refractivity contribution in [3.63, 3.8) is 0 Å². The van der Waals surface area contributed by atoms with Gasteiger partial charge in [0, 0.05) is 35.8 Å². The zero-order valence-electron chi connectivity index (χ0n) is 13.9. The van der Waals surface area contributed by atoms with Crippen molar-refractivity contribution in [2.75, 3.05) is 23.3 Å². The topological polar surface area (TPSA) is 104 Å². The molecule has 0 bridgehead atoms. The van der Waals surface area contributed by atoms with E-state index in [4.69, 9.17) is 0 Å². The molecule has 8 nitrogen and oxygen atoms in total. The average molecular weight is 351 g/mol. The van der Waals surface area contributed by atoms with Crippen LogP contribution in [-0.2, 0) is 0 Å². The number of amides is 1. The lowest BCUT2D eigenvalue weighted by molar-refractivity contribution is -0.384. The van der Waals surface area contributed by atoms with Gasteiger partial charge in [0.05, 0.1) is 16.6 Å². The first-order chi connectivity index (χ1) is 12.6. The lowest BCUT2D eigenvalue weighted by Gasteiger charge is -2.17. The number of hydrogen-bond donors (Lipinski definition) is 2. The van der Waals surface area contributed by atoms with Crippen molar-refractivity contribution in [3.8, 4) is 0 Å². The standard InChI is InChI=1S/C18H17N5O3/c24-18(20-14-4-5-15-13(9-14)11-19-21-15)12-3-6-16(17(10-12)23(25)26)22-7-1-2-8-22/h3-6,9-11H,1-2,7-8H2,(H,19,21)(H,20,24). The number of anilines is 2. The number of nitro groups is 1. The van der Waals surface area contributed by atoms with Crippen LogP contribution < -0.4 is 10.2 Å². The number of carbonyl (C=O) groups is 1. The fourth-order valence-corrected chi connectivity index (χ4v) is 3.26. The summed E-state index contributed by atoms with van der Waals surface area (Å²) in [6.07, 6.45) is 3.71. The Morgan fingerprint density at radius 3 is 2.77 bits per heavy atom. The molecule has 4 rings (SSSR count). The summed E-state index contributed by atoms with van der Waals surface area (Å²) in [6.45, 7) is 1.61. The van der Waals surface area contributed by atoms with Gasteiger partial charge in [-0.2, -0.15) is 5.10 Å². The SMILES string of the molecule is O=C(Nc1ccc2[nH]ncc2c1)c1ccc(N2CCCC2)c([N+](=O)[O-])c1. The van der Waals surface area contributed by atoms with Gasteiger partial charge < -0.3 is 10.2 Å².